The van der Waals surface area contributed by atoms with Gasteiger partial charge in [-0.25, -0.2) is 0 Å². The Bertz CT molecular complexity index is 691. The van der Waals surface area contributed by atoms with E-state index in [0.29, 0.717) is 11.3 Å². The highest BCUT2D eigenvalue weighted by Gasteiger charge is 2.08. The van der Waals surface area contributed by atoms with Crippen LogP contribution < -0.4 is 5.73 Å². The molecule has 2 N–H and O–H groups in total. The molecule has 0 amide bonds. The van der Waals surface area contributed by atoms with E-state index in [9.17, 15) is 0 Å². The highest BCUT2D eigenvalue weighted by molar-refractivity contribution is 9.10. The first kappa shape index (κ1) is 10.2. The van der Waals surface area contributed by atoms with Crippen LogP contribution in [0.2, 0.25) is 0 Å². The molecule has 0 aliphatic rings. The molecule has 2 aromatic heterocycles. The van der Waals surface area contributed by atoms with E-state index in [1.54, 1.807) is 12.4 Å². The van der Waals surface area contributed by atoms with Gasteiger partial charge in [-0.05, 0) is 34.1 Å². The van der Waals surface area contributed by atoms with Gasteiger partial charge in [0.2, 0.25) is 0 Å². The second-order valence-electron chi connectivity index (χ2n) is 3.56. The number of nitrogens with two attached hydrogens (primary N) is 1. The lowest BCUT2D eigenvalue weighted by Gasteiger charge is -2.02. The molecule has 0 spiro atoms. The lowest BCUT2D eigenvalue weighted by atomic mass is 10.2. The molecule has 0 unspecified atom stereocenters. The molecule has 17 heavy (non-hydrogen) atoms. The topological polar surface area (TPSA) is 69.1 Å². The summed E-state index contributed by atoms with van der Waals surface area (Å²) < 4.78 is 2.74. The Hall–Kier alpha value is -1.95. The van der Waals surface area contributed by atoms with Gasteiger partial charge in [-0.1, -0.05) is 0 Å². The highest BCUT2D eigenvalue weighted by atomic mass is 79.9. The molecule has 84 valence electrons. The first-order valence-electron chi connectivity index (χ1n) is 4.96. The standard InChI is InChI=1S/C11H8BrN5/c12-8-2-1-7(5-9(8)13)11-16-15-10-6-14-3-4-17(10)11/h1-6H,13H2. The van der Waals surface area contributed by atoms with Crippen molar-refractivity contribution in [2.24, 2.45) is 0 Å². The normalized spacial score (nSPS) is 10.9. The third-order valence-corrected chi connectivity index (χ3v) is 3.19. The van der Waals surface area contributed by atoms with E-state index >= 15 is 0 Å². The Morgan fingerprint density at radius 3 is 2.94 bits per heavy atom. The van der Waals surface area contributed by atoms with E-state index in [-0.39, 0.29) is 0 Å². The molecule has 0 saturated carbocycles. The minimum absolute atomic E-state index is 0.674. The Morgan fingerprint density at radius 1 is 1.24 bits per heavy atom. The second kappa shape index (κ2) is 3.81. The molecular weight excluding hydrogens is 282 g/mol. The van der Waals surface area contributed by atoms with Crippen LogP contribution in [0.25, 0.3) is 17.0 Å². The summed E-state index contributed by atoms with van der Waals surface area (Å²) in [5.74, 6) is 0.751. The average Bonchev–Trinajstić information content (AvgIpc) is 2.76. The van der Waals surface area contributed by atoms with Crippen LogP contribution in [-0.4, -0.2) is 19.6 Å². The molecule has 0 saturated heterocycles. The van der Waals surface area contributed by atoms with Crippen LogP contribution in [0.3, 0.4) is 0 Å². The van der Waals surface area contributed by atoms with Gasteiger partial charge in [-0.2, -0.15) is 0 Å². The van der Waals surface area contributed by atoms with Gasteiger partial charge < -0.3 is 5.73 Å². The number of nitrogens with zero attached hydrogens (tertiary/aromatic N) is 4. The third kappa shape index (κ3) is 1.66. The Kier molecular flexibility index (Phi) is 2.29. The predicted molar refractivity (Wildman–Crippen MR) is 68.3 cm³/mol. The lowest BCUT2D eigenvalue weighted by molar-refractivity contribution is 1.11. The van der Waals surface area contributed by atoms with E-state index in [2.05, 4.69) is 31.1 Å². The Morgan fingerprint density at radius 2 is 2.12 bits per heavy atom. The predicted octanol–water partition coefficient (Wildman–Crippen LogP) is 2.14. The van der Waals surface area contributed by atoms with Crippen molar-refractivity contribution in [3.63, 3.8) is 0 Å². The summed E-state index contributed by atoms with van der Waals surface area (Å²) in [6.45, 7) is 0. The van der Waals surface area contributed by atoms with Gasteiger partial charge in [0.05, 0.1) is 6.20 Å². The molecule has 0 radical (unpaired) electrons. The number of rotatable bonds is 1. The van der Waals surface area contributed by atoms with Crippen molar-refractivity contribution in [3.8, 4) is 11.4 Å². The summed E-state index contributed by atoms with van der Waals surface area (Å²) in [7, 11) is 0. The van der Waals surface area contributed by atoms with Crippen molar-refractivity contribution in [2.45, 2.75) is 0 Å². The first-order chi connectivity index (χ1) is 8.25. The Balaban J connectivity index is 2.24. The van der Waals surface area contributed by atoms with Crippen molar-refractivity contribution < 1.29 is 0 Å². The molecule has 3 aromatic rings. The number of hydrogen-bond donors (Lipinski definition) is 1. The van der Waals surface area contributed by atoms with E-state index in [4.69, 9.17) is 5.73 Å². The van der Waals surface area contributed by atoms with Gasteiger partial charge in [0.25, 0.3) is 0 Å². The smallest absolute Gasteiger partial charge is 0.179 e. The minimum atomic E-state index is 0.674. The van der Waals surface area contributed by atoms with Crippen LogP contribution in [0.1, 0.15) is 0 Å². The fraction of sp³-hybridized carbons (Fsp3) is 0. The number of aromatic nitrogens is 4. The molecule has 0 atom stereocenters. The number of anilines is 1. The maximum Gasteiger partial charge on any atom is 0.179 e. The molecule has 2 heterocycles. The maximum atomic E-state index is 5.85. The number of halogens is 1. The molecule has 1 aromatic carbocycles. The average molecular weight is 290 g/mol. The van der Waals surface area contributed by atoms with E-state index < -0.39 is 0 Å². The quantitative estimate of drug-likeness (QED) is 0.697. The number of benzene rings is 1. The molecule has 0 aliphatic carbocycles. The van der Waals surface area contributed by atoms with Crippen LogP contribution in [0.5, 0.6) is 0 Å². The van der Waals surface area contributed by atoms with Gasteiger partial charge in [0, 0.05) is 28.1 Å². The monoisotopic (exact) mass is 289 g/mol. The fourth-order valence-electron chi connectivity index (χ4n) is 1.63. The van der Waals surface area contributed by atoms with Crippen molar-refractivity contribution in [1.29, 1.82) is 0 Å². The summed E-state index contributed by atoms with van der Waals surface area (Å²) in [6.07, 6.45) is 5.18. The molecule has 3 rings (SSSR count). The van der Waals surface area contributed by atoms with Crippen LogP contribution in [-0.2, 0) is 0 Å². The zero-order valence-electron chi connectivity index (χ0n) is 8.71. The molecule has 0 bridgehead atoms. The van der Waals surface area contributed by atoms with E-state index in [1.807, 2.05) is 28.8 Å². The molecule has 6 heteroatoms. The van der Waals surface area contributed by atoms with Gasteiger partial charge in [0.15, 0.2) is 11.5 Å². The number of nitrogen functional groups attached to an aromatic ring is 1. The van der Waals surface area contributed by atoms with Gasteiger partial charge in [-0.15, -0.1) is 10.2 Å². The second-order valence-corrected chi connectivity index (χ2v) is 4.42. The van der Waals surface area contributed by atoms with Gasteiger partial charge in [-0.3, -0.25) is 9.38 Å². The summed E-state index contributed by atoms with van der Waals surface area (Å²) in [6, 6.07) is 5.70. The summed E-state index contributed by atoms with van der Waals surface area (Å²) in [4.78, 5) is 4.00. The van der Waals surface area contributed by atoms with Gasteiger partial charge in [0.1, 0.15) is 0 Å². The van der Waals surface area contributed by atoms with Crippen LogP contribution in [0, 0.1) is 0 Å². The van der Waals surface area contributed by atoms with Gasteiger partial charge >= 0.3 is 0 Å². The summed E-state index contributed by atoms with van der Waals surface area (Å²) in [5, 5.41) is 8.18. The fourth-order valence-corrected chi connectivity index (χ4v) is 1.88. The van der Waals surface area contributed by atoms with Crippen molar-refractivity contribution in [2.75, 3.05) is 5.73 Å². The Labute approximate surface area is 105 Å². The minimum Gasteiger partial charge on any atom is -0.398 e. The molecule has 0 fully saturated rings. The van der Waals surface area contributed by atoms with Crippen molar-refractivity contribution in [3.05, 3.63) is 41.3 Å². The summed E-state index contributed by atoms with van der Waals surface area (Å²) in [5.41, 5.74) is 8.16. The van der Waals surface area contributed by atoms with Crippen LogP contribution in [0.4, 0.5) is 5.69 Å². The molecule has 0 aliphatic heterocycles. The largest absolute Gasteiger partial charge is 0.398 e. The third-order valence-electron chi connectivity index (χ3n) is 2.47. The number of fused-ring (bicyclic) bond motifs is 1. The van der Waals surface area contributed by atoms with Crippen LogP contribution in [0.15, 0.2) is 41.3 Å². The van der Waals surface area contributed by atoms with Crippen molar-refractivity contribution >= 4 is 27.3 Å². The molecule has 5 nitrogen and oxygen atoms in total. The van der Waals surface area contributed by atoms with Crippen molar-refractivity contribution in [1.82, 2.24) is 19.6 Å². The zero-order chi connectivity index (χ0) is 11.8. The lowest BCUT2D eigenvalue weighted by Crippen LogP contribution is -1.92. The molecular formula is C11H8BrN5. The zero-order valence-corrected chi connectivity index (χ0v) is 10.3. The van der Waals surface area contributed by atoms with Crippen LogP contribution >= 0.6 is 15.9 Å². The first-order valence-corrected chi connectivity index (χ1v) is 5.75. The van der Waals surface area contributed by atoms with E-state index in [1.165, 1.54) is 0 Å². The SMILES string of the molecule is Nc1cc(-c2nnc3cnccn23)ccc1Br. The maximum absolute atomic E-state index is 5.85. The van der Waals surface area contributed by atoms with E-state index in [0.717, 1.165) is 15.9 Å². The summed E-state index contributed by atoms with van der Waals surface area (Å²) >= 11 is 3.36. The number of hydrogen-bond acceptors (Lipinski definition) is 4. The highest BCUT2D eigenvalue weighted by Crippen LogP contribution is 2.26.